The van der Waals surface area contributed by atoms with E-state index in [1.165, 1.54) is 38.4 Å². The van der Waals surface area contributed by atoms with Crippen LogP contribution in [0.1, 0.15) is 59.8 Å². The highest BCUT2D eigenvalue weighted by Gasteiger charge is 2.71. The van der Waals surface area contributed by atoms with Gasteiger partial charge in [0.2, 0.25) is 0 Å². The van der Waals surface area contributed by atoms with E-state index in [-0.39, 0.29) is 17.4 Å². The summed E-state index contributed by atoms with van der Waals surface area (Å²) in [4.78, 5) is 26.1. The van der Waals surface area contributed by atoms with Crippen molar-refractivity contribution in [1.29, 1.82) is 0 Å². The van der Waals surface area contributed by atoms with Crippen molar-refractivity contribution >= 4 is 20.0 Å². The van der Waals surface area contributed by atoms with Gasteiger partial charge in [0, 0.05) is 5.41 Å². The van der Waals surface area contributed by atoms with E-state index in [1.54, 1.807) is 0 Å². The average Bonchev–Trinajstić information content (AvgIpc) is 3.26. The van der Waals surface area contributed by atoms with Gasteiger partial charge in [0.15, 0.2) is 5.41 Å². The van der Waals surface area contributed by atoms with Gasteiger partial charge in [-0.25, -0.2) is 0 Å². The monoisotopic (exact) mass is 382 g/mol. The Hall–Kier alpha value is -0.843. The fourth-order valence-electron chi connectivity index (χ4n) is 6.49. The maximum Gasteiger partial charge on any atom is 0.323 e. The molecule has 0 saturated heterocycles. The van der Waals surface area contributed by atoms with Gasteiger partial charge in [0.05, 0.1) is 22.3 Å². The van der Waals surface area contributed by atoms with Crippen molar-refractivity contribution in [2.24, 2.45) is 22.7 Å². The molecule has 0 bridgehead atoms. The molecule has 0 aromatic heterocycles. The third-order valence-corrected chi connectivity index (χ3v) is 14.4. The van der Waals surface area contributed by atoms with Crippen LogP contribution in [0.5, 0.6) is 0 Å². The van der Waals surface area contributed by atoms with Gasteiger partial charge in [0.1, 0.15) is 0 Å². The molecule has 0 aliphatic heterocycles. The maximum atomic E-state index is 13.1. The second-order valence-corrected chi connectivity index (χ2v) is 14.3. The van der Waals surface area contributed by atoms with E-state index in [4.69, 9.17) is 9.47 Å². The lowest BCUT2D eigenvalue weighted by molar-refractivity contribution is -0.179. The highest BCUT2D eigenvalue weighted by molar-refractivity contribution is 6.79. The third kappa shape index (κ3) is 2.94. The van der Waals surface area contributed by atoms with E-state index in [0.29, 0.717) is 18.3 Å². The van der Waals surface area contributed by atoms with E-state index in [2.05, 4.69) is 27.7 Å². The van der Waals surface area contributed by atoms with E-state index in [1.807, 2.05) is 0 Å². The molecule has 0 amide bonds. The Morgan fingerprint density at radius 3 is 1.81 bits per heavy atom. The second-order valence-electron chi connectivity index (χ2n) is 8.77. The molecule has 2 saturated carbocycles. The van der Waals surface area contributed by atoms with Crippen molar-refractivity contribution in [3.8, 4) is 0 Å². The molecule has 0 radical (unpaired) electrons. The molecule has 0 aromatic carbocycles. The summed E-state index contributed by atoms with van der Waals surface area (Å²) in [5.74, 6) is 0.0484. The molecule has 5 heteroatoms. The summed E-state index contributed by atoms with van der Waals surface area (Å²) in [5, 5.41) is 0. The molecule has 2 rings (SSSR count). The summed E-state index contributed by atoms with van der Waals surface area (Å²) >= 11 is 0. The number of rotatable bonds is 7. The SMILES string of the molecule is CC[Si](CC)(CC)C[C@@H]1CC(C(=O)OC)(C(=O)OC)C2(CCCC2)[C@H]1C. The Kier molecular flexibility index (Phi) is 6.63. The summed E-state index contributed by atoms with van der Waals surface area (Å²) in [6, 6.07) is 5.05. The van der Waals surface area contributed by atoms with E-state index in [0.717, 1.165) is 25.7 Å². The van der Waals surface area contributed by atoms with Crippen molar-refractivity contribution in [1.82, 2.24) is 0 Å². The summed E-state index contributed by atoms with van der Waals surface area (Å²) in [7, 11) is 1.48. The molecule has 150 valence electrons. The van der Waals surface area contributed by atoms with E-state index < -0.39 is 13.5 Å². The first-order valence-corrected chi connectivity index (χ1v) is 13.3. The van der Waals surface area contributed by atoms with Gasteiger partial charge in [-0.1, -0.05) is 64.7 Å². The van der Waals surface area contributed by atoms with Crippen LogP contribution in [0.25, 0.3) is 0 Å². The van der Waals surface area contributed by atoms with Crippen LogP contribution in [-0.2, 0) is 19.1 Å². The summed E-state index contributed by atoms with van der Waals surface area (Å²) in [5.41, 5.74) is -1.39. The minimum Gasteiger partial charge on any atom is -0.468 e. The minimum atomic E-state index is -1.35. The molecule has 2 atom stereocenters. The van der Waals surface area contributed by atoms with Gasteiger partial charge in [0.25, 0.3) is 0 Å². The Bertz CT molecular complexity index is 496. The molecular weight excluding hydrogens is 344 g/mol. The zero-order valence-corrected chi connectivity index (χ0v) is 18.7. The second kappa shape index (κ2) is 8.03. The highest BCUT2D eigenvalue weighted by Crippen LogP contribution is 2.68. The van der Waals surface area contributed by atoms with Crippen LogP contribution in [0.2, 0.25) is 24.2 Å². The summed E-state index contributed by atoms with van der Waals surface area (Å²) in [6.45, 7) is 9.29. The van der Waals surface area contributed by atoms with Crippen molar-refractivity contribution < 1.29 is 19.1 Å². The predicted octanol–water partition coefficient (Wildman–Crippen LogP) is 5.04. The molecule has 2 aliphatic carbocycles. The largest absolute Gasteiger partial charge is 0.468 e. The van der Waals surface area contributed by atoms with Crippen molar-refractivity contribution in [3.05, 3.63) is 0 Å². The number of esters is 2. The Morgan fingerprint density at radius 1 is 0.962 bits per heavy atom. The minimum absolute atomic E-state index is 0.285. The first-order chi connectivity index (χ1) is 12.3. The number of ether oxygens (including phenoxy) is 2. The number of methoxy groups -OCH3 is 2. The lowest BCUT2D eigenvalue weighted by Gasteiger charge is -2.42. The first-order valence-electron chi connectivity index (χ1n) is 10.5. The molecule has 26 heavy (non-hydrogen) atoms. The summed E-state index contributed by atoms with van der Waals surface area (Å²) < 4.78 is 10.4. The third-order valence-electron chi connectivity index (χ3n) is 8.51. The van der Waals surface area contributed by atoms with Crippen LogP contribution in [0.3, 0.4) is 0 Å². The topological polar surface area (TPSA) is 52.6 Å². The van der Waals surface area contributed by atoms with Gasteiger partial charge in [-0.15, -0.1) is 0 Å². The molecular formula is C21H38O4Si. The zero-order valence-electron chi connectivity index (χ0n) is 17.7. The standard InChI is InChI=1S/C21H38O4Si/c1-7-26(8-2,9-3)15-17-14-21(18(22)24-5,19(23)25-6)20(16(17)4)12-10-11-13-20/h16-17H,7-15H2,1-6H3/t16-,17-/m0/s1. The number of carbonyl (C=O) groups is 2. The smallest absolute Gasteiger partial charge is 0.323 e. The fourth-order valence-corrected chi connectivity index (χ4v) is 10.5. The molecule has 2 aliphatic rings. The van der Waals surface area contributed by atoms with Crippen LogP contribution in [0.15, 0.2) is 0 Å². The van der Waals surface area contributed by atoms with Crippen molar-refractivity contribution in [2.75, 3.05) is 14.2 Å². The number of carbonyl (C=O) groups excluding carboxylic acids is 2. The van der Waals surface area contributed by atoms with E-state index >= 15 is 0 Å². The maximum absolute atomic E-state index is 13.1. The Morgan fingerprint density at radius 2 is 1.42 bits per heavy atom. The van der Waals surface area contributed by atoms with Crippen LogP contribution in [0.4, 0.5) is 0 Å². The predicted molar refractivity (Wildman–Crippen MR) is 107 cm³/mol. The van der Waals surface area contributed by atoms with Gasteiger partial charge in [-0.2, -0.15) is 0 Å². The van der Waals surface area contributed by atoms with Crippen molar-refractivity contribution in [2.45, 2.75) is 84.0 Å². The van der Waals surface area contributed by atoms with Gasteiger partial charge in [-0.05, 0) is 31.1 Å². The zero-order chi connectivity index (χ0) is 19.6. The molecule has 1 spiro atoms. The van der Waals surface area contributed by atoms with Crippen molar-refractivity contribution in [3.63, 3.8) is 0 Å². The molecule has 0 heterocycles. The normalized spacial score (nSPS) is 26.8. The molecule has 2 fully saturated rings. The molecule has 0 N–H and O–H groups in total. The Labute approximate surface area is 160 Å². The van der Waals surface area contributed by atoms with Crippen LogP contribution >= 0.6 is 0 Å². The van der Waals surface area contributed by atoms with Crippen LogP contribution in [0, 0.1) is 22.7 Å². The van der Waals surface area contributed by atoms with E-state index in [9.17, 15) is 9.59 Å². The highest BCUT2D eigenvalue weighted by atomic mass is 28.3. The quantitative estimate of drug-likeness (QED) is 0.351. The lowest BCUT2D eigenvalue weighted by atomic mass is 9.61. The Balaban J connectivity index is 2.51. The molecule has 0 unspecified atom stereocenters. The van der Waals surface area contributed by atoms with Crippen LogP contribution in [-0.4, -0.2) is 34.2 Å². The summed E-state index contributed by atoms with van der Waals surface area (Å²) in [6.07, 6.45) is 4.67. The fraction of sp³-hybridized carbons (Fsp3) is 0.905. The lowest BCUT2D eigenvalue weighted by Crippen LogP contribution is -2.51. The van der Waals surface area contributed by atoms with Crippen LogP contribution < -0.4 is 0 Å². The molecule has 0 aromatic rings. The van der Waals surface area contributed by atoms with Gasteiger partial charge >= 0.3 is 11.9 Å². The van der Waals surface area contributed by atoms with Gasteiger partial charge < -0.3 is 9.47 Å². The number of hydrogen-bond donors (Lipinski definition) is 0. The number of hydrogen-bond acceptors (Lipinski definition) is 4. The average molecular weight is 383 g/mol. The molecule has 4 nitrogen and oxygen atoms in total. The van der Waals surface area contributed by atoms with Gasteiger partial charge in [-0.3, -0.25) is 9.59 Å². The first kappa shape index (κ1) is 21.5.